The number of nitrogens with zero attached hydrogens (tertiary/aromatic N) is 3. The van der Waals surface area contributed by atoms with Gasteiger partial charge in [0.1, 0.15) is 17.9 Å². The highest BCUT2D eigenvalue weighted by Gasteiger charge is 2.17. The van der Waals surface area contributed by atoms with Crippen LogP contribution in [0.1, 0.15) is 11.1 Å². The van der Waals surface area contributed by atoms with E-state index in [1.807, 2.05) is 30.3 Å². The average molecular weight is 654 g/mol. The van der Waals surface area contributed by atoms with Crippen LogP contribution in [0, 0.1) is 0 Å². The Morgan fingerprint density at radius 1 is 0.950 bits per heavy atom. The molecule has 0 aliphatic rings. The smallest absolute Gasteiger partial charge is 0.282 e. The minimum atomic E-state index is -0.329. The first-order valence-corrected chi connectivity index (χ1v) is 13.9. The first-order valence-electron chi connectivity index (χ1n) is 12.0. The van der Waals surface area contributed by atoms with Gasteiger partial charge in [0.2, 0.25) is 5.82 Å². The standard InChI is InChI=1S/C30H17BrCl3N3O3/c31-20-7-10-26-19(12-20)13-28(40-26)29-36-25-4-2-1-3-22(25)30(38)37(29)35-15-17-5-9-27(24(34)11-17)39-16-18-6-8-21(32)14-23(18)33/h1-15H,16H2. The van der Waals surface area contributed by atoms with Crippen LogP contribution in [0.2, 0.25) is 15.1 Å². The number of halogens is 4. The molecule has 0 radical (unpaired) electrons. The van der Waals surface area contributed by atoms with Crippen molar-refractivity contribution in [3.8, 4) is 17.3 Å². The molecule has 198 valence electrons. The number of ether oxygens (including phenoxy) is 1. The number of rotatable bonds is 6. The zero-order valence-electron chi connectivity index (χ0n) is 20.4. The second-order valence-corrected chi connectivity index (χ2v) is 11.0. The average Bonchev–Trinajstić information content (AvgIpc) is 3.36. The highest BCUT2D eigenvalue weighted by atomic mass is 79.9. The Morgan fingerprint density at radius 2 is 1.80 bits per heavy atom. The van der Waals surface area contributed by atoms with Gasteiger partial charge < -0.3 is 9.15 Å². The van der Waals surface area contributed by atoms with Gasteiger partial charge in [-0.15, -0.1) is 0 Å². The predicted octanol–water partition coefficient (Wildman–Crippen LogP) is 8.99. The fourth-order valence-corrected chi connectivity index (χ4v) is 5.23. The molecule has 6 aromatic rings. The molecule has 0 fully saturated rings. The lowest BCUT2D eigenvalue weighted by Crippen LogP contribution is -2.20. The molecule has 0 bridgehead atoms. The van der Waals surface area contributed by atoms with Crippen LogP contribution < -0.4 is 10.3 Å². The first-order chi connectivity index (χ1) is 19.4. The summed E-state index contributed by atoms with van der Waals surface area (Å²) in [6, 6.07) is 25.0. The number of furan rings is 1. The second kappa shape index (κ2) is 11.1. The van der Waals surface area contributed by atoms with Gasteiger partial charge in [0, 0.05) is 25.5 Å². The van der Waals surface area contributed by atoms with E-state index in [0.717, 1.165) is 15.4 Å². The Bertz CT molecular complexity index is 2000. The van der Waals surface area contributed by atoms with Gasteiger partial charge in [0.25, 0.3) is 5.56 Å². The van der Waals surface area contributed by atoms with E-state index in [0.29, 0.717) is 48.6 Å². The third kappa shape index (κ3) is 5.38. The van der Waals surface area contributed by atoms with Gasteiger partial charge in [0.05, 0.1) is 22.1 Å². The van der Waals surface area contributed by atoms with E-state index in [1.54, 1.807) is 54.6 Å². The van der Waals surface area contributed by atoms with E-state index >= 15 is 0 Å². The quantitative estimate of drug-likeness (QED) is 0.168. The number of hydrogen-bond donors (Lipinski definition) is 0. The molecule has 0 aliphatic heterocycles. The van der Waals surface area contributed by atoms with E-state index in [-0.39, 0.29) is 18.0 Å². The number of aromatic nitrogens is 2. The predicted molar refractivity (Wildman–Crippen MR) is 164 cm³/mol. The summed E-state index contributed by atoms with van der Waals surface area (Å²) in [4.78, 5) is 18.2. The lowest BCUT2D eigenvalue weighted by molar-refractivity contribution is 0.306. The number of fused-ring (bicyclic) bond motifs is 2. The van der Waals surface area contributed by atoms with E-state index < -0.39 is 0 Å². The minimum absolute atomic E-state index is 0.221. The normalized spacial score (nSPS) is 11.6. The van der Waals surface area contributed by atoms with Crippen LogP contribution in [0.15, 0.2) is 104 Å². The largest absolute Gasteiger partial charge is 0.487 e. The number of hydrogen-bond acceptors (Lipinski definition) is 5. The van der Waals surface area contributed by atoms with Crippen LogP contribution in [0.25, 0.3) is 33.5 Å². The van der Waals surface area contributed by atoms with Crippen LogP contribution in [0.5, 0.6) is 5.75 Å². The van der Waals surface area contributed by atoms with Crippen molar-refractivity contribution < 1.29 is 9.15 Å². The molecule has 10 heteroatoms. The summed E-state index contributed by atoms with van der Waals surface area (Å²) in [6.07, 6.45) is 1.53. The molecule has 6 rings (SSSR count). The van der Waals surface area contributed by atoms with Gasteiger partial charge in [-0.3, -0.25) is 4.79 Å². The lowest BCUT2D eigenvalue weighted by atomic mass is 10.2. The van der Waals surface area contributed by atoms with Gasteiger partial charge in [-0.1, -0.05) is 68.9 Å². The summed E-state index contributed by atoms with van der Waals surface area (Å²) in [5.41, 5.74) is 2.31. The molecule has 0 spiro atoms. The molecule has 0 N–H and O–H groups in total. The SMILES string of the molecule is O=c1c2ccccc2nc(-c2cc3cc(Br)ccc3o2)n1N=Cc1ccc(OCc2ccc(Cl)cc2Cl)c(Cl)c1. The van der Waals surface area contributed by atoms with Crippen molar-refractivity contribution in [3.63, 3.8) is 0 Å². The Labute approximate surface area is 251 Å². The van der Waals surface area contributed by atoms with Crippen molar-refractivity contribution in [1.82, 2.24) is 9.66 Å². The fraction of sp³-hybridized carbons (Fsp3) is 0.0333. The van der Waals surface area contributed by atoms with Crippen LogP contribution in [-0.2, 0) is 6.61 Å². The van der Waals surface area contributed by atoms with Gasteiger partial charge in [-0.05, 0) is 72.3 Å². The van der Waals surface area contributed by atoms with Crippen LogP contribution in [0.4, 0.5) is 0 Å². The van der Waals surface area contributed by atoms with Gasteiger partial charge in [-0.25, -0.2) is 4.98 Å². The maximum atomic E-state index is 13.5. The molecule has 4 aromatic carbocycles. The van der Waals surface area contributed by atoms with Crippen molar-refractivity contribution in [3.05, 3.63) is 126 Å². The summed E-state index contributed by atoms with van der Waals surface area (Å²) >= 11 is 22.2. The van der Waals surface area contributed by atoms with E-state index in [9.17, 15) is 4.79 Å². The monoisotopic (exact) mass is 651 g/mol. The van der Waals surface area contributed by atoms with E-state index in [4.69, 9.17) is 48.9 Å². The Morgan fingerprint density at radius 3 is 2.62 bits per heavy atom. The zero-order valence-corrected chi connectivity index (χ0v) is 24.3. The third-order valence-electron chi connectivity index (χ3n) is 6.13. The van der Waals surface area contributed by atoms with E-state index in [2.05, 4.69) is 21.0 Å². The van der Waals surface area contributed by atoms with Gasteiger partial charge in [-0.2, -0.15) is 9.78 Å². The van der Waals surface area contributed by atoms with Crippen LogP contribution in [-0.4, -0.2) is 15.9 Å². The maximum absolute atomic E-state index is 13.5. The Hall–Kier alpha value is -3.62. The summed E-state index contributed by atoms with van der Waals surface area (Å²) in [5, 5.41) is 7.23. The fourth-order valence-electron chi connectivity index (χ4n) is 4.15. The van der Waals surface area contributed by atoms with E-state index in [1.165, 1.54) is 10.9 Å². The molecule has 0 amide bonds. The minimum Gasteiger partial charge on any atom is -0.487 e. The molecule has 2 aromatic heterocycles. The van der Waals surface area contributed by atoms with Crippen molar-refractivity contribution in [1.29, 1.82) is 0 Å². The molecule has 0 atom stereocenters. The van der Waals surface area contributed by atoms with Crippen LogP contribution in [0.3, 0.4) is 0 Å². The highest BCUT2D eigenvalue weighted by Crippen LogP contribution is 2.30. The summed E-state index contributed by atoms with van der Waals surface area (Å²) in [6.45, 7) is 0.221. The highest BCUT2D eigenvalue weighted by molar-refractivity contribution is 9.10. The van der Waals surface area contributed by atoms with Crippen molar-refractivity contribution in [2.75, 3.05) is 0 Å². The first kappa shape index (κ1) is 26.6. The van der Waals surface area contributed by atoms with Crippen molar-refractivity contribution in [2.45, 2.75) is 6.61 Å². The Kier molecular flexibility index (Phi) is 7.38. The molecule has 0 saturated carbocycles. The second-order valence-electron chi connectivity index (χ2n) is 8.82. The summed E-state index contributed by atoms with van der Waals surface area (Å²) in [5.74, 6) is 1.16. The van der Waals surface area contributed by atoms with Gasteiger partial charge in [0.15, 0.2) is 5.76 Å². The molecule has 40 heavy (non-hydrogen) atoms. The van der Waals surface area contributed by atoms with Crippen molar-refractivity contribution >= 4 is 78.8 Å². The summed E-state index contributed by atoms with van der Waals surface area (Å²) < 4.78 is 14.0. The molecule has 6 nitrogen and oxygen atoms in total. The zero-order chi connectivity index (χ0) is 27.8. The molecular weight excluding hydrogens is 637 g/mol. The maximum Gasteiger partial charge on any atom is 0.282 e. The van der Waals surface area contributed by atoms with Crippen molar-refractivity contribution in [2.24, 2.45) is 5.10 Å². The molecular formula is C30H17BrCl3N3O3. The Balaban J connectivity index is 1.34. The molecule has 0 unspecified atom stereocenters. The topological polar surface area (TPSA) is 69.6 Å². The molecule has 2 heterocycles. The number of para-hydroxylation sites is 1. The summed E-state index contributed by atoms with van der Waals surface area (Å²) in [7, 11) is 0. The van der Waals surface area contributed by atoms with Crippen LogP contribution >= 0.6 is 50.7 Å². The number of benzene rings is 4. The third-order valence-corrected chi connectivity index (χ3v) is 7.50. The molecule has 0 saturated heterocycles. The van der Waals surface area contributed by atoms with Gasteiger partial charge >= 0.3 is 0 Å². The molecule has 0 aliphatic carbocycles. The lowest BCUT2D eigenvalue weighted by Gasteiger charge is -2.10.